The molecule has 0 bridgehead atoms. The van der Waals surface area contributed by atoms with Crippen molar-refractivity contribution in [1.29, 1.82) is 0 Å². The molecule has 0 fully saturated rings. The smallest absolute Gasteiger partial charge is 0.341 e. The van der Waals surface area contributed by atoms with Gasteiger partial charge in [0.1, 0.15) is 16.3 Å². The average Bonchev–Trinajstić information content (AvgIpc) is 3.41. The number of ether oxygens (including phenoxy) is 2. The summed E-state index contributed by atoms with van der Waals surface area (Å²) in [6.07, 6.45) is 0. The number of nitrogens with zero attached hydrogens (tertiary/aromatic N) is 1. The molecule has 0 aliphatic rings. The number of rotatable bonds is 8. The van der Waals surface area contributed by atoms with Crippen LogP contribution in [0, 0.1) is 0 Å². The van der Waals surface area contributed by atoms with Crippen molar-refractivity contribution in [3.05, 3.63) is 59.5 Å². The molecule has 2 N–H and O–H groups in total. The molecule has 4 rings (SSSR count). The van der Waals surface area contributed by atoms with Crippen LogP contribution < -0.4 is 10.1 Å². The van der Waals surface area contributed by atoms with E-state index in [9.17, 15) is 9.59 Å². The van der Waals surface area contributed by atoms with Crippen LogP contribution in [0.1, 0.15) is 17.3 Å². The Bertz CT molecular complexity index is 1250. The third-order valence-corrected chi connectivity index (χ3v) is 6.38. The second kappa shape index (κ2) is 9.88. The minimum Gasteiger partial charge on any atom is -0.497 e. The zero-order valence-electron chi connectivity index (χ0n) is 17.5. The SMILES string of the molecule is CCOC(=O)c1c(-c2ccccc2)csc1NC(=O)CSc1nc2ccc(OC)cc2[nH]1. The standard InChI is InChI=1S/C23H21N3O4S2/c1-3-30-22(28)20-16(14-7-5-4-6-8-14)12-31-21(20)26-19(27)13-32-23-24-17-10-9-15(29-2)11-18(17)25-23/h4-12H,3,13H2,1-2H3,(H,24,25)(H,26,27). The number of methoxy groups -OCH3 is 1. The lowest BCUT2D eigenvalue weighted by Gasteiger charge is -2.08. The summed E-state index contributed by atoms with van der Waals surface area (Å²) < 4.78 is 10.5. The fraction of sp³-hybridized carbons (Fsp3) is 0.174. The number of carbonyl (C=O) groups is 2. The highest BCUT2D eigenvalue weighted by molar-refractivity contribution is 7.99. The molecule has 1 amide bonds. The van der Waals surface area contributed by atoms with Gasteiger partial charge in [-0.2, -0.15) is 0 Å². The number of H-pyrrole nitrogens is 1. The first-order valence-electron chi connectivity index (χ1n) is 9.89. The molecule has 0 aliphatic carbocycles. The summed E-state index contributed by atoms with van der Waals surface area (Å²) in [4.78, 5) is 32.9. The van der Waals surface area contributed by atoms with Gasteiger partial charge in [-0.3, -0.25) is 4.79 Å². The summed E-state index contributed by atoms with van der Waals surface area (Å²) in [6.45, 7) is 2.01. The number of aromatic amines is 1. The third-order valence-electron chi connectivity index (χ3n) is 4.62. The molecule has 2 heterocycles. The largest absolute Gasteiger partial charge is 0.497 e. The van der Waals surface area contributed by atoms with E-state index in [-0.39, 0.29) is 18.3 Å². The third kappa shape index (κ3) is 4.79. The van der Waals surface area contributed by atoms with Crippen LogP contribution in [-0.2, 0) is 9.53 Å². The van der Waals surface area contributed by atoms with Crippen molar-refractivity contribution in [3.63, 3.8) is 0 Å². The Morgan fingerprint density at radius 3 is 2.75 bits per heavy atom. The van der Waals surface area contributed by atoms with Gasteiger partial charge in [0.25, 0.3) is 0 Å². The highest BCUT2D eigenvalue weighted by Crippen LogP contribution is 2.36. The first-order valence-corrected chi connectivity index (χ1v) is 11.8. The predicted molar refractivity (Wildman–Crippen MR) is 128 cm³/mol. The first-order chi connectivity index (χ1) is 15.6. The van der Waals surface area contributed by atoms with E-state index >= 15 is 0 Å². The molecule has 0 saturated carbocycles. The van der Waals surface area contributed by atoms with Gasteiger partial charge in [-0.15, -0.1) is 11.3 Å². The van der Waals surface area contributed by atoms with E-state index in [0.717, 1.165) is 27.9 Å². The number of anilines is 1. The van der Waals surface area contributed by atoms with E-state index < -0.39 is 5.97 Å². The molecule has 164 valence electrons. The molecule has 7 nitrogen and oxygen atoms in total. The maximum absolute atomic E-state index is 12.6. The molecule has 0 spiro atoms. The number of esters is 1. The summed E-state index contributed by atoms with van der Waals surface area (Å²) in [5.74, 6) is 0.174. The molecule has 2 aromatic heterocycles. The topological polar surface area (TPSA) is 93.3 Å². The quantitative estimate of drug-likeness (QED) is 0.273. The normalized spacial score (nSPS) is 10.8. The monoisotopic (exact) mass is 467 g/mol. The minimum atomic E-state index is -0.457. The Balaban J connectivity index is 1.49. The van der Waals surface area contributed by atoms with E-state index in [2.05, 4.69) is 15.3 Å². The van der Waals surface area contributed by atoms with Crippen molar-refractivity contribution in [3.8, 4) is 16.9 Å². The van der Waals surface area contributed by atoms with E-state index in [1.54, 1.807) is 14.0 Å². The summed E-state index contributed by atoms with van der Waals surface area (Å²) in [5.41, 5.74) is 3.63. The zero-order valence-corrected chi connectivity index (χ0v) is 19.1. The maximum atomic E-state index is 12.6. The molecular weight excluding hydrogens is 446 g/mol. The number of thiophene rings is 1. The molecule has 9 heteroatoms. The number of fused-ring (bicyclic) bond motifs is 1. The lowest BCUT2D eigenvalue weighted by atomic mass is 10.0. The van der Waals surface area contributed by atoms with Crippen molar-refractivity contribution in [2.75, 3.05) is 24.8 Å². The number of aromatic nitrogens is 2. The van der Waals surface area contributed by atoms with Crippen LogP contribution >= 0.6 is 23.1 Å². The highest BCUT2D eigenvalue weighted by atomic mass is 32.2. The van der Waals surface area contributed by atoms with Gasteiger partial charge in [0.2, 0.25) is 5.91 Å². The van der Waals surface area contributed by atoms with E-state index in [4.69, 9.17) is 9.47 Å². The Morgan fingerprint density at radius 2 is 2.00 bits per heavy atom. The summed E-state index contributed by atoms with van der Waals surface area (Å²) in [7, 11) is 1.61. The van der Waals surface area contributed by atoms with Crippen LogP contribution in [-0.4, -0.2) is 41.3 Å². The molecule has 0 saturated heterocycles. The molecule has 0 aliphatic heterocycles. The summed E-state index contributed by atoms with van der Waals surface area (Å²) >= 11 is 2.59. The molecule has 0 radical (unpaired) electrons. The van der Waals surface area contributed by atoms with Gasteiger partial charge in [0, 0.05) is 17.0 Å². The number of hydrogen-bond acceptors (Lipinski definition) is 7. The van der Waals surface area contributed by atoms with Gasteiger partial charge in [0.05, 0.1) is 30.5 Å². The second-order valence-electron chi connectivity index (χ2n) is 6.70. The predicted octanol–water partition coefficient (Wildman–Crippen LogP) is 5.21. The lowest BCUT2D eigenvalue weighted by Crippen LogP contribution is -2.16. The van der Waals surface area contributed by atoms with Gasteiger partial charge in [0.15, 0.2) is 5.16 Å². The van der Waals surface area contributed by atoms with Crippen LogP contribution in [0.15, 0.2) is 59.1 Å². The van der Waals surface area contributed by atoms with Gasteiger partial charge >= 0.3 is 5.97 Å². The van der Waals surface area contributed by atoms with Crippen molar-refractivity contribution in [2.24, 2.45) is 0 Å². The number of benzene rings is 2. The van der Waals surface area contributed by atoms with Gasteiger partial charge < -0.3 is 19.8 Å². The Morgan fingerprint density at radius 1 is 1.19 bits per heavy atom. The van der Waals surface area contributed by atoms with Crippen LogP contribution in [0.4, 0.5) is 5.00 Å². The maximum Gasteiger partial charge on any atom is 0.341 e. The number of imidazole rings is 1. The van der Waals surface area contributed by atoms with E-state index in [1.807, 2.05) is 53.9 Å². The van der Waals surface area contributed by atoms with Crippen molar-refractivity contribution in [2.45, 2.75) is 12.1 Å². The number of nitrogens with one attached hydrogen (secondary N) is 2. The van der Waals surface area contributed by atoms with Crippen LogP contribution in [0.25, 0.3) is 22.2 Å². The van der Waals surface area contributed by atoms with Crippen molar-refractivity contribution >= 4 is 51.0 Å². The van der Waals surface area contributed by atoms with E-state index in [1.165, 1.54) is 23.1 Å². The van der Waals surface area contributed by atoms with Gasteiger partial charge in [-0.1, -0.05) is 42.1 Å². The van der Waals surface area contributed by atoms with Gasteiger partial charge in [-0.25, -0.2) is 9.78 Å². The molecule has 4 aromatic rings. The molecule has 0 atom stereocenters. The van der Waals surface area contributed by atoms with Crippen LogP contribution in [0.5, 0.6) is 5.75 Å². The van der Waals surface area contributed by atoms with Crippen LogP contribution in [0.2, 0.25) is 0 Å². The first kappa shape index (κ1) is 21.9. The number of hydrogen-bond donors (Lipinski definition) is 2. The minimum absolute atomic E-state index is 0.137. The fourth-order valence-corrected chi connectivity index (χ4v) is 4.80. The number of carbonyl (C=O) groups excluding carboxylic acids is 2. The zero-order chi connectivity index (χ0) is 22.5. The second-order valence-corrected chi connectivity index (χ2v) is 8.55. The molecular formula is C23H21N3O4S2. The number of thioether (sulfide) groups is 1. The van der Waals surface area contributed by atoms with Crippen molar-refractivity contribution in [1.82, 2.24) is 9.97 Å². The summed E-state index contributed by atoms with van der Waals surface area (Å²) in [6, 6.07) is 15.1. The lowest BCUT2D eigenvalue weighted by molar-refractivity contribution is -0.113. The Kier molecular flexibility index (Phi) is 6.77. The summed E-state index contributed by atoms with van der Waals surface area (Å²) in [5, 5.41) is 5.82. The molecule has 0 unspecified atom stereocenters. The fourth-order valence-electron chi connectivity index (χ4n) is 3.14. The van der Waals surface area contributed by atoms with E-state index in [0.29, 0.717) is 15.7 Å². The molecule has 2 aromatic carbocycles. The molecule has 32 heavy (non-hydrogen) atoms. The Labute approximate surface area is 193 Å². The average molecular weight is 468 g/mol. The number of amides is 1. The van der Waals surface area contributed by atoms with Crippen LogP contribution in [0.3, 0.4) is 0 Å². The van der Waals surface area contributed by atoms with Gasteiger partial charge in [-0.05, 0) is 24.6 Å². The Hall–Kier alpha value is -3.30. The highest BCUT2D eigenvalue weighted by Gasteiger charge is 2.23. The van der Waals surface area contributed by atoms with Crippen molar-refractivity contribution < 1.29 is 19.1 Å².